The molecule has 236 valence electrons. The van der Waals surface area contributed by atoms with Crippen LogP contribution in [0.15, 0.2) is 164 Å². The maximum atomic E-state index is 5.19. The van der Waals surface area contributed by atoms with Gasteiger partial charge in [0.15, 0.2) is 11.6 Å². The lowest BCUT2D eigenvalue weighted by molar-refractivity contribution is 0.952. The first-order valence-electron chi connectivity index (χ1n) is 16.8. The molecule has 6 aromatic carbocycles. The van der Waals surface area contributed by atoms with Crippen molar-refractivity contribution in [3.05, 3.63) is 186 Å². The highest BCUT2D eigenvalue weighted by molar-refractivity contribution is 6.13. The van der Waals surface area contributed by atoms with Crippen molar-refractivity contribution in [2.24, 2.45) is 0 Å². The molecule has 1 aliphatic rings. The number of para-hydroxylation sites is 4. The largest absolute Gasteiger partial charge is 0.686 e. The van der Waals surface area contributed by atoms with E-state index in [2.05, 4.69) is 112 Å². The van der Waals surface area contributed by atoms with E-state index in [9.17, 15) is 0 Å². The quantitative estimate of drug-likeness (QED) is 0.188. The van der Waals surface area contributed by atoms with Crippen molar-refractivity contribution in [2.75, 3.05) is 0 Å². The molecular formula is C44H29N6-. The molecule has 3 aromatic heterocycles. The van der Waals surface area contributed by atoms with E-state index in [1.807, 2.05) is 60.7 Å². The predicted molar refractivity (Wildman–Crippen MR) is 202 cm³/mol. The van der Waals surface area contributed by atoms with E-state index in [1.54, 1.807) is 0 Å². The minimum atomic E-state index is 0.563. The summed E-state index contributed by atoms with van der Waals surface area (Å²) in [5.41, 5.74) is 10.7. The molecule has 0 atom stereocenters. The van der Waals surface area contributed by atoms with E-state index in [1.165, 1.54) is 10.9 Å². The maximum absolute atomic E-state index is 5.19. The third-order valence-electron chi connectivity index (χ3n) is 9.59. The molecule has 0 spiro atoms. The van der Waals surface area contributed by atoms with Crippen LogP contribution in [-0.4, -0.2) is 24.1 Å². The Hall–Kier alpha value is -6.79. The first-order valence-corrected chi connectivity index (χ1v) is 16.8. The van der Waals surface area contributed by atoms with E-state index in [0.29, 0.717) is 24.1 Å². The summed E-state index contributed by atoms with van der Waals surface area (Å²) in [5, 5.41) is 8.44. The standard InChI is InChI=1S/C44H29N6/c1-4-15-29(16-5-1)42-46-43(30-17-6-2-7-18-30)48-44(47-42)50-39-26-13-10-21-32(39)34-23-14-24-35(40(34)50)37-28-45-27-36-33-22-11-12-25-38(33)49(41(36)37)31-19-8-3-9-20-31/h1-26,28H,27H2/q-1. The van der Waals surface area contributed by atoms with E-state index in [4.69, 9.17) is 20.3 Å². The zero-order valence-corrected chi connectivity index (χ0v) is 27.0. The van der Waals surface area contributed by atoms with Crippen molar-refractivity contribution in [1.82, 2.24) is 24.1 Å². The van der Waals surface area contributed by atoms with Crippen molar-refractivity contribution in [3.8, 4) is 34.4 Å². The Balaban J connectivity index is 1.30. The number of nitrogens with zero attached hydrogens (tertiary/aromatic N) is 6. The Bertz CT molecular complexity index is 2680. The zero-order chi connectivity index (χ0) is 33.0. The molecule has 0 saturated carbocycles. The summed E-state index contributed by atoms with van der Waals surface area (Å²) in [6.45, 7) is 0.618. The number of hydrogen-bond acceptors (Lipinski definition) is 3. The van der Waals surface area contributed by atoms with Crippen LogP contribution in [0.2, 0.25) is 0 Å². The molecular weight excluding hydrogens is 613 g/mol. The molecule has 0 amide bonds. The zero-order valence-electron chi connectivity index (χ0n) is 27.0. The monoisotopic (exact) mass is 641 g/mol. The van der Waals surface area contributed by atoms with E-state index < -0.39 is 0 Å². The molecule has 6 heteroatoms. The highest BCUT2D eigenvalue weighted by Crippen LogP contribution is 2.44. The van der Waals surface area contributed by atoms with Gasteiger partial charge < -0.3 is 9.88 Å². The highest BCUT2D eigenvalue weighted by atomic mass is 15.2. The lowest BCUT2D eigenvalue weighted by Crippen LogP contribution is -2.09. The molecule has 0 unspecified atom stereocenters. The lowest BCUT2D eigenvalue weighted by Gasteiger charge is -2.28. The van der Waals surface area contributed by atoms with Gasteiger partial charge in [0.2, 0.25) is 5.95 Å². The molecule has 50 heavy (non-hydrogen) atoms. The van der Waals surface area contributed by atoms with Gasteiger partial charge in [0.25, 0.3) is 0 Å². The normalized spacial score (nSPS) is 12.6. The second kappa shape index (κ2) is 11.4. The van der Waals surface area contributed by atoms with Gasteiger partial charge in [-0.05, 0) is 35.4 Å². The van der Waals surface area contributed by atoms with Crippen LogP contribution in [0.25, 0.3) is 78.0 Å². The van der Waals surface area contributed by atoms with Gasteiger partial charge in [0, 0.05) is 38.5 Å². The summed E-state index contributed by atoms with van der Waals surface area (Å²) in [7, 11) is 0. The van der Waals surface area contributed by atoms with Crippen molar-refractivity contribution >= 4 is 38.3 Å². The van der Waals surface area contributed by atoms with Gasteiger partial charge in [-0.3, -0.25) is 4.57 Å². The minimum Gasteiger partial charge on any atom is -0.686 e. The second-order valence-corrected chi connectivity index (χ2v) is 12.5. The van der Waals surface area contributed by atoms with Crippen LogP contribution >= 0.6 is 0 Å². The Morgan fingerprint density at radius 3 is 1.72 bits per heavy atom. The van der Waals surface area contributed by atoms with E-state index in [0.717, 1.165) is 61.0 Å². The Kier molecular flexibility index (Phi) is 6.45. The van der Waals surface area contributed by atoms with Crippen molar-refractivity contribution in [1.29, 1.82) is 0 Å². The van der Waals surface area contributed by atoms with Crippen molar-refractivity contribution in [2.45, 2.75) is 6.54 Å². The Labute approximate surface area is 288 Å². The van der Waals surface area contributed by atoms with Gasteiger partial charge >= 0.3 is 0 Å². The van der Waals surface area contributed by atoms with Gasteiger partial charge in [-0.25, -0.2) is 4.98 Å². The molecule has 0 fully saturated rings. The molecule has 0 radical (unpaired) electrons. The molecule has 0 aliphatic carbocycles. The minimum absolute atomic E-state index is 0.563. The third kappa shape index (κ3) is 4.39. The summed E-state index contributed by atoms with van der Waals surface area (Å²) in [6.07, 6.45) is 2.05. The van der Waals surface area contributed by atoms with Crippen LogP contribution in [0.3, 0.4) is 0 Å². The molecule has 4 heterocycles. The first-order chi connectivity index (χ1) is 24.8. The van der Waals surface area contributed by atoms with E-state index >= 15 is 0 Å². The number of aromatic nitrogens is 5. The summed E-state index contributed by atoms with van der Waals surface area (Å²) < 4.78 is 4.60. The fraction of sp³-hybridized carbons (Fsp3) is 0.0227. The molecule has 0 bridgehead atoms. The summed E-state index contributed by atoms with van der Waals surface area (Å²) in [5.74, 6) is 1.81. The molecule has 6 nitrogen and oxygen atoms in total. The van der Waals surface area contributed by atoms with Crippen LogP contribution in [0.5, 0.6) is 0 Å². The topological polar surface area (TPSA) is 62.6 Å². The van der Waals surface area contributed by atoms with Crippen molar-refractivity contribution in [3.63, 3.8) is 0 Å². The molecule has 10 rings (SSSR count). The SMILES string of the molecule is C1=C(c2cccc3c4ccccc4n(-c4nc(-c5ccccc5)nc(-c5ccccc5)n4)c23)c2c(c3ccccc3n2-c2ccccc2)C[N-]1. The van der Waals surface area contributed by atoms with Crippen LogP contribution < -0.4 is 0 Å². The second-order valence-electron chi connectivity index (χ2n) is 12.5. The molecule has 1 aliphatic heterocycles. The summed E-state index contributed by atoms with van der Waals surface area (Å²) in [6, 6.07) is 54.6. The predicted octanol–water partition coefficient (Wildman–Crippen LogP) is 10.5. The van der Waals surface area contributed by atoms with Crippen LogP contribution in [0, 0.1) is 0 Å². The number of benzene rings is 6. The lowest BCUT2D eigenvalue weighted by atomic mass is 9.95. The third-order valence-corrected chi connectivity index (χ3v) is 9.59. The summed E-state index contributed by atoms with van der Waals surface area (Å²) >= 11 is 0. The van der Waals surface area contributed by atoms with Crippen LogP contribution in [-0.2, 0) is 6.54 Å². The smallest absolute Gasteiger partial charge is 0.238 e. The highest BCUT2D eigenvalue weighted by Gasteiger charge is 2.26. The summed E-state index contributed by atoms with van der Waals surface area (Å²) in [4.78, 5) is 15.4. The number of hydrogen-bond donors (Lipinski definition) is 0. The van der Waals surface area contributed by atoms with Gasteiger partial charge in [-0.2, -0.15) is 16.2 Å². The van der Waals surface area contributed by atoms with Crippen LogP contribution in [0.4, 0.5) is 0 Å². The van der Waals surface area contributed by atoms with Gasteiger partial charge in [-0.15, -0.1) is 6.54 Å². The number of rotatable bonds is 5. The Morgan fingerprint density at radius 1 is 0.480 bits per heavy atom. The fourth-order valence-corrected chi connectivity index (χ4v) is 7.42. The Morgan fingerprint density at radius 2 is 1.04 bits per heavy atom. The van der Waals surface area contributed by atoms with Crippen LogP contribution in [0.1, 0.15) is 16.8 Å². The molecule has 9 aromatic rings. The molecule has 0 N–H and O–H groups in total. The van der Waals surface area contributed by atoms with Gasteiger partial charge in [-0.1, -0.05) is 133 Å². The number of fused-ring (bicyclic) bond motifs is 6. The van der Waals surface area contributed by atoms with E-state index in [-0.39, 0.29) is 0 Å². The van der Waals surface area contributed by atoms with Gasteiger partial charge in [0.05, 0.1) is 22.2 Å². The maximum Gasteiger partial charge on any atom is 0.238 e. The average Bonchev–Trinajstić information content (AvgIpc) is 3.72. The van der Waals surface area contributed by atoms with Crippen molar-refractivity contribution < 1.29 is 0 Å². The molecule has 0 saturated heterocycles. The fourth-order valence-electron chi connectivity index (χ4n) is 7.42. The average molecular weight is 642 g/mol. The van der Waals surface area contributed by atoms with Gasteiger partial charge in [0.1, 0.15) is 0 Å². The first kappa shape index (κ1) is 28.2.